The van der Waals surface area contributed by atoms with Gasteiger partial charge in [0.1, 0.15) is 0 Å². The number of fused-ring (bicyclic) bond motifs is 1. The van der Waals surface area contributed by atoms with E-state index in [0.717, 1.165) is 16.8 Å². The SMILES string of the molecule is COc1cc(-c2cc3ccc(C)cc3[nH]2)ccc1O. The molecule has 1 aromatic heterocycles. The van der Waals surface area contributed by atoms with Gasteiger partial charge in [-0.1, -0.05) is 12.1 Å². The number of aryl methyl sites for hydroxylation is 1. The van der Waals surface area contributed by atoms with Crippen LogP contribution in [0.15, 0.2) is 42.5 Å². The molecule has 0 radical (unpaired) electrons. The molecule has 0 amide bonds. The standard InChI is InChI=1S/C16H15NO2/c1-10-3-4-11-8-14(17-13(11)7-10)12-5-6-15(18)16(9-12)19-2/h3-9,17-18H,1-2H3. The highest BCUT2D eigenvalue weighted by molar-refractivity contribution is 5.86. The Labute approximate surface area is 111 Å². The molecule has 2 aromatic carbocycles. The molecule has 0 atom stereocenters. The van der Waals surface area contributed by atoms with Crippen LogP contribution < -0.4 is 4.74 Å². The third-order valence-electron chi connectivity index (χ3n) is 3.27. The number of rotatable bonds is 2. The number of benzene rings is 2. The van der Waals surface area contributed by atoms with Crippen LogP contribution in [0.4, 0.5) is 0 Å². The van der Waals surface area contributed by atoms with Crippen molar-refractivity contribution in [2.24, 2.45) is 0 Å². The van der Waals surface area contributed by atoms with Crippen LogP contribution in [-0.2, 0) is 0 Å². The summed E-state index contributed by atoms with van der Waals surface area (Å²) in [6.45, 7) is 2.07. The van der Waals surface area contributed by atoms with Crippen molar-refractivity contribution >= 4 is 10.9 Å². The quantitative estimate of drug-likeness (QED) is 0.728. The number of phenolic OH excluding ortho intramolecular Hbond substituents is 1. The zero-order chi connectivity index (χ0) is 13.4. The van der Waals surface area contributed by atoms with Gasteiger partial charge in [0.25, 0.3) is 0 Å². The number of phenols is 1. The van der Waals surface area contributed by atoms with E-state index in [9.17, 15) is 5.11 Å². The minimum atomic E-state index is 0.151. The molecule has 0 aliphatic heterocycles. The van der Waals surface area contributed by atoms with Crippen LogP contribution in [0.1, 0.15) is 5.56 Å². The summed E-state index contributed by atoms with van der Waals surface area (Å²) in [7, 11) is 1.55. The van der Waals surface area contributed by atoms with Crippen molar-refractivity contribution in [2.45, 2.75) is 6.92 Å². The van der Waals surface area contributed by atoms with E-state index in [1.54, 1.807) is 13.2 Å². The van der Waals surface area contributed by atoms with Crippen molar-refractivity contribution in [1.29, 1.82) is 0 Å². The number of ether oxygens (including phenoxy) is 1. The Balaban J connectivity index is 2.13. The van der Waals surface area contributed by atoms with Crippen molar-refractivity contribution in [1.82, 2.24) is 4.98 Å². The summed E-state index contributed by atoms with van der Waals surface area (Å²) in [4.78, 5) is 3.39. The molecule has 3 rings (SSSR count). The number of hydrogen-bond acceptors (Lipinski definition) is 2. The lowest BCUT2D eigenvalue weighted by atomic mass is 10.1. The van der Waals surface area contributed by atoms with Crippen molar-refractivity contribution in [3.8, 4) is 22.8 Å². The summed E-state index contributed by atoms with van der Waals surface area (Å²) in [5.41, 5.74) is 4.34. The van der Waals surface area contributed by atoms with Gasteiger partial charge in [-0.25, -0.2) is 0 Å². The molecule has 2 N–H and O–H groups in total. The van der Waals surface area contributed by atoms with Gasteiger partial charge in [-0.05, 0) is 42.8 Å². The number of hydrogen-bond donors (Lipinski definition) is 2. The first-order valence-electron chi connectivity index (χ1n) is 6.14. The molecule has 0 saturated carbocycles. The van der Waals surface area contributed by atoms with E-state index in [1.165, 1.54) is 10.9 Å². The lowest BCUT2D eigenvalue weighted by molar-refractivity contribution is 0.373. The monoisotopic (exact) mass is 253 g/mol. The highest BCUT2D eigenvalue weighted by Gasteiger charge is 2.07. The van der Waals surface area contributed by atoms with Crippen LogP contribution in [0, 0.1) is 6.92 Å². The van der Waals surface area contributed by atoms with E-state index in [2.05, 4.69) is 36.2 Å². The summed E-state index contributed by atoms with van der Waals surface area (Å²) >= 11 is 0. The Kier molecular flexibility index (Phi) is 2.67. The minimum absolute atomic E-state index is 0.151. The summed E-state index contributed by atoms with van der Waals surface area (Å²) in [5.74, 6) is 0.630. The molecule has 3 heteroatoms. The Morgan fingerprint density at radius 3 is 2.68 bits per heavy atom. The predicted molar refractivity (Wildman–Crippen MR) is 76.7 cm³/mol. The molecular formula is C16H15NO2. The second-order valence-corrected chi connectivity index (χ2v) is 4.66. The third kappa shape index (κ3) is 2.03. The zero-order valence-electron chi connectivity index (χ0n) is 10.9. The first kappa shape index (κ1) is 11.7. The van der Waals surface area contributed by atoms with Gasteiger partial charge >= 0.3 is 0 Å². The van der Waals surface area contributed by atoms with Crippen molar-refractivity contribution in [3.05, 3.63) is 48.0 Å². The number of nitrogens with one attached hydrogen (secondary N) is 1. The molecule has 0 saturated heterocycles. The lowest BCUT2D eigenvalue weighted by Gasteiger charge is -2.05. The smallest absolute Gasteiger partial charge is 0.161 e. The van der Waals surface area contributed by atoms with Crippen molar-refractivity contribution in [2.75, 3.05) is 7.11 Å². The molecule has 1 heterocycles. The van der Waals surface area contributed by atoms with E-state index in [-0.39, 0.29) is 5.75 Å². The highest BCUT2D eigenvalue weighted by atomic mass is 16.5. The molecule has 96 valence electrons. The fourth-order valence-electron chi connectivity index (χ4n) is 2.24. The molecule has 0 bridgehead atoms. The second-order valence-electron chi connectivity index (χ2n) is 4.66. The van der Waals surface area contributed by atoms with Crippen LogP contribution in [0.25, 0.3) is 22.2 Å². The van der Waals surface area contributed by atoms with Gasteiger partial charge in [-0.15, -0.1) is 0 Å². The maximum atomic E-state index is 9.62. The summed E-state index contributed by atoms with van der Waals surface area (Å²) < 4.78 is 5.14. The van der Waals surface area contributed by atoms with Crippen molar-refractivity contribution < 1.29 is 9.84 Å². The van der Waals surface area contributed by atoms with Gasteiger partial charge in [-0.3, -0.25) is 0 Å². The fourth-order valence-corrected chi connectivity index (χ4v) is 2.24. The molecule has 19 heavy (non-hydrogen) atoms. The van der Waals surface area contributed by atoms with Gasteiger partial charge in [0, 0.05) is 22.2 Å². The molecule has 0 spiro atoms. The minimum Gasteiger partial charge on any atom is -0.504 e. The summed E-state index contributed by atoms with van der Waals surface area (Å²) in [6, 6.07) is 13.8. The average molecular weight is 253 g/mol. The molecule has 0 aliphatic rings. The number of H-pyrrole nitrogens is 1. The first-order chi connectivity index (χ1) is 9.17. The molecule has 0 fully saturated rings. The normalized spacial score (nSPS) is 10.8. The first-order valence-corrected chi connectivity index (χ1v) is 6.14. The van der Waals surface area contributed by atoms with Crippen molar-refractivity contribution in [3.63, 3.8) is 0 Å². The van der Waals surface area contributed by atoms with E-state index in [0.29, 0.717) is 5.75 Å². The predicted octanol–water partition coefficient (Wildman–Crippen LogP) is 3.86. The molecular weight excluding hydrogens is 238 g/mol. The topological polar surface area (TPSA) is 45.2 Å². The third-order valence-corrected chi connectivity index (χ3v) is 3.27. The van der Waals surface area contributed by atoms with Gasteiger partial charge in [-0.2, -0.15) is 0 Å². The number of methoxy groups -OCH3 is 1. The zero-order valence-corrected chi connectivity index (χ0v) is 10.9. The number of aromatic hydroxyl groups is 1. The van der Waals surface area contributed by atoms with Crippen LogP contribution in [0.5, 0.6) is 11.5 Å². The van der Waals surface area contributed by atoms with Crippen LogP contribution in [-0.4, -0.2) is 17.2 Å². The Bertz CT molecular complexity index is 744. The van der Waals surface area contributed by atoms with Crippen LogP contribution in [0.3, 0.4) is 0 Å². The Morgan fingerprint density at radius 2 is 1.89 bits per heavy atom. The van der Waals surface area contributed by atoms with Gasteiger partial charge in [0.05, 0.1) is 7.11 Å². The Hall–Kier alpha value is -2.42. The van der Waals surface area contributed by atoms with E-state index in [1.807, 2.05) is 12.1 Å². The molecule has 0 unspecified atom stereocenters. The molecule has 3 aromatic rings. The largest absolute Gasteiger partial charge is 0.504 e. The summed E-state index contributed by atoms with van der Waals surface area (Å²) in [6.07, 6.45) is 0. The van der Waals surface area contributed by atoms with Gasteiger partial charge in [0.15, 0.2) is 11.5 Å². The highest BCUT2D eigenvalue weighted by Crippen LogP contribution is 2.32. The lowest BCUT2D eigenvalue weighted by Crippen LogP contribution is -1.85. The van der Waals surface area contributed by atoms with E-state index >= 15 is 0 Å². The Morgan fingerprint density at radius 1 is 1.05 bits per heavy atom. The van der Waals surface area contributed by atoms with Gasteiger partial charge in [0.2, 0.25) is 0 Å². The van der Waals surface area contributed by atoms with E-state index in [4.69, 9.17) is 4.74 Å². The second kappa shape index (κ2) is 4.35. The number of aromatic nitrogens is 1. The summed E-state index contributed by atoms with van der Waals surface area (Å²) in [5, 5.41) is 10.8. The van der Waals surface area contributed by atoms with Crippen LogP contribution in [0.2, 0.25) is 0 Å². The maximum absolute atomic E-state index is 9.62. The van der Waals surface area contributed by atoms with E-state index < -0.39 is 0 Å². The fraction of sp³-hybridized carbons (Fsp3) is 0.125. The van der Waals surface area contributed by atoms with Gasteiger partial charge < -0.3 is 14.8 Å². The number of aromatic amines is 1. The molecule has 3 nitrogen and oxygen atoms in total. The molecule has 0 aliphatic carbocycles. The maximum Gasteiger partial charge on any atom is 0.161 e. The van der Waals surface area contributed by atoms with Crippen LogP contribution >= 0.6 is 0 Å². The average Bonchev–Trinajstić information content (AvgIpc) is 2.82.